The van der Waals surface area contributed by atoms with Crippen LogP contribution in [-0.4, -0.2) is 26.1 Å². The van der Waals surface area contributed by atoms with E-state index < -0.39 is 0 Å². The molecular weight excluding hydrogens is 228 g/mol. The molecule has 100 valence electrons. The normalized spacial score (nSPS) is 10.1. The minimum Gasteiger partial charge on any atom is -0.497 e. The van der Waals surface area contributed by atoms with Crippen LogP contribution in [-0.2, 0) is 11.3 Å². The van der Waals surface area contributed by atoms with Crippen molar-refractivity contribution in [2.45, 2.75) is 26.3 Å². The first-order valence-electron chi connectivity index (χ1n) is 6.36. The number of carbonyl (C=O) groups excluding carboxylic acids is 1. The van der Waals surface area contributed by atoms with Crippen LogP contribution in [0.4, 0.5) is 0 Å². The average molecular weight is 250 g/mol. The zero-order valence-corrected chi connectivity index (χ0v) is 11.2. The van der Waals surface area contributed by atoms with Gasteiger partial charge in [0.25, 0.3) is 0 Å². The SMILES string of the molecule is CCCNCCC(=O)NCc1ccc(OC)cc1. The number of hydrogen-bond acceptors (Lipinski definition) is 3. The highest BCUT2D eigenvalue weighted by atomic mass is 16.5. The third kappa shape index (κ3) is 5.68. The van der Waals surface area contributed by atoms with Crippen LogP contribution in [0.1, 0.15) is 25.3 Å². The molecule has 0 atom stereocenters. The van der Waals surface area contributed by atoms with E-state index in [-0.39, 0.29) is 5.91 Å². The largest absolute Gasteiger partial charge is 0.497 e. The van der Waals surface area contributed by atoms with Crippen LogP contribution in [0.15, 0.2) is 24.3 Å². The van der Waals surface area contributed by atoms with Crippen LogP contribution in [0.25, 0.3) is 0 Å². The van der Waals surface area contributed by atoms with Gasteiger partial charge >= 0.3 is 0 Å². The number of ether oxygens (including phenoxy) is 1. The van der Waals surface area contributed by atoms with Gasteiger partial charge in [0, 0.05) is 19.5 Å². The molecule has 2 N–H and O–H groups in total. The molecule has 0 fully saturated rings. The number of nitrogens with one attached hydrogen (secondary N) is 2. The highest BCUT2D eigenvalue weighted by molar-refractivity contribution is 5.76. The van der Waals surface area contributed by atoms with E-state index in [0.717, 1.165) is 30.8 Å². The molecule has 4 nitrogen and oxygen atoms in total. The molecule has 0 aliphatic heterocycles. The molecule has 18 heavy (non-hydrogen) atoms. The van der Waals surface area contributed by atoms with Gasteiger partial charge in [0.15, 0.2) is 0 Å². The first kappa shape index (κ1) is 14.5. The summed E-state index contributed by atoms with van der Waals surface area (Å²) in [4.78, 5) is 11.5. The summed E-state index contributed by atoms with van der Waals surface area (Å²) in [6.07, 6.45) is 1.61. The third-order valence-corrected chi connectivity index (χ3v) is 2.60. The number of benzene rings is 1. The summed E-state index contributed by atoms with van der Waals surface area (Å²) in [5.41, 5.74) is 1.07. The number of hydrogen-bond donors (Lipinski definition) is 2. The molecule has 0 aliphatic rings. The van der Waals surface area contributed by atoms with Crippen LogP contribution in [0.2, 0.25) is 0 Å². The molecule has 4 heteroatoms. The Balaban J connectivity index is 2.20. The summed E-state index contributed by atoms with van der Waals surface area (Å²) in [6, 6.07) is 7.69. The second kappa shape index (κ2) is 8.53. The average Bonchev–Trinajstić information content (AvgIpc) is 2.42. The Bertz CT molecular complexity index is 349. The van der Waals surface area contributed by atoms with Crippen molar-refractivity contribution in [2.24, 2.45) is 0 Å². The Hall–Kier alpha value is -1.55. The van der Waals surface area contributed by atoms with E-state index in [1.807, 2.05) is 24.3 Å². The number of amides is 1. The number of carbonyl (C=O) groups is 1. The molecule has 0 bridgehead atoms. The predicted octanol–water partition coefficient (Wildman–Crippen LogP) is 1.70. The Labute approximate surface area is 109 Å². The Morgan fingerprint density at radius 2 is 1.94 bits per heavy atom. The summed E-state index contributed by atoms with van der Waals surface area (Å²) in [6.45, 7) is 4.38. The predicted molar refractivity (Wildman–Crippen MR) is 72.6 cm³/mol. The molecule has 0 heterocycles. The van der Waals surface area contributed by atoms with E-state index in [2.05, 4.69) is 17.6 Å². The molecule has 1 aromatic rings. The lowest BCUT2D eigenvalue weighted by atomic mass is 10.2. The van der Waals surface area contributed by atoms with E-state index in [0.29, 0.717) is 13.0 Å². The van der Waals surface area contributed by atoms with Gasteiger partial charge in [0.1, 0.15) is 5.75 Å². The summed E-state index contributed by atoms with van der Waals surface area (Å²) < 4.78 is 5.08. The lowest BCUT2D eigenvalue weighted by Gasteiger charge is -2.07. The monoisotopic (exact) mass is 250 g/mol. The Morgan fingerprint density at radius 1 is 1.22 bits per heavy atom. The molecule has 0 aromatic heterocycles. The maximum absolute atomic E-state index is 11.5. The maximum atomic E-state index is 11.5. The van der Waals surface area contributed by atoms with Crippen molar-refractivity contribution in [3.05, 3.63) is 29.8 Å². The Morgan fingerprint density at radius 3 is 2.56 bits per heavy atom. The lowest BCUT2D eigenvalue weighted by molar-refractivity contribution is -0.121. The van der Waals surface area contributed by atoms with Gasteiger partial charge < -0.3 is 15.4 Å². The lowest BCUT2D eigenvalue weighted by Crippen LogP contribution is -2.27. The topological polar surface area (TPSA) is 50.4 Å². The van der Waals surface area contributed by atoms with Crippen molar-refractivity contribution in [1.29, 1.82) is 0 Å². The van der Waals surface area contributed by atoms with E-state index in [9.17, 15) is 4.79 Å². The van der Waals surface area contributed by atoms with Crippen LogP contribution < -0.4 is 15.4 Å². The van der Waals surface area contributed by atoms with Crippen LogP contribution in [0.5, 0.6) is 5.75 Å². The minimum atomic E-state index is 0.0782. The van der Waals surface area contributed by atoms with E-state index in [1.165, 1.54) is 0 Å². The summed E-state index contributed by atoms with van der Waals surface area (Å²) >= 11 is 0. The number of methoxy groups -OCH3 is 1. The zero-order valence-electron chi connectivity index (χ0n) is 11.2. The molecular formula is C14H22N2O2. The molecule has 0 unspecified atom stereocenters. The van der Waals surface area contributed by atoms with E-state index in [1.54, 1.807) is 7.11 Å². The van der Waals surface area contributed by atoms with Gasteiger partial charge in [-0.25, -0.2) is 0 Å². The highest BCUT2D eigenvalue weighted by Crippen LogP contribution is 2.10. The zero-order chi connectivity index (χ0) is 13.2. The molecule has 0 aliphatic carbocycles. The molecule has 0 spiro atoms. The van der Waals surface area contributed by atoms with Gasteiger partial charge in [-0.2, -0.15) is 0 Å². The van der Waals surface area contributed by atoms with Crippen LogP contribution in [0, 0.1) is 0 Å². The van der Waals surface area contributed by atoms with Crippen molar-refractivity contribution < 1.29 is 9.53 Å². The van der Waals surface area contributed by atoms with Gasteiger partial charge in [-0.1, -0.05) is 19.1 Å². The second-order valence-electron chi connectivity index (χ2n) is 4.12. The van der Waals surface area contributed by atoms with Crippen molar-refractivity contribution >= 4 is 5.91 Å². The fourth-order valence-corrected chi connectivity index (χ4v) is 1.54. The molecule has 0 saturated carbocycles. The van der Waals surface area contributed by atoms with Crippen LogP contribution >= 0.6 is 0 Å². The van der Waals surface area contributed by atoms with Crippen molar-refractivity contribution in [1.82, 2.24) is 10.6 Å². The van der Waals surface area contributed by atoms with Crippen molar-refractivity contribution in [3.8, 4) is 5.75 Å². The quantitative estimate of drug-likeness (QED) is 0.690. The first-order valence-corrected chi connectivity index (χ1v) is 6.36. The maximum Gasteiger partial charge on any atom is 0.221 e. The smallest absolute Gasteiger partial charge is 0.221 e. The van der Waals surface area contributed by atoms with Crippen molar-refractivity contribution in [2.75, 3.05) is 20.2 Å². The van der Waals surface area contributed by atoms with Crippen LogP contribution in [0.3, 0.4) is 0 Å². The van der Waals surface area contributed by atoms with Gasteiger partial charge in [-0.3, -0.25) is 4.79 Å². The molecule has 0 saturated heterocycles. The highest BCUT2D eigenvalue weighted by Gasteiger charge is 2.00. The molecule has 1 amide bonds. The molecule has 1 aromatic carbocycles. The summed E-state index contributed by atoms with van der Waals surface area (Å²) in [5.74, 6) is 0.906. The Kier molecular flexibility index (Phi) is 6.87. The first-order chi connectivity index (χ1) is 8.76. The van der Waals surface area contributed by atoms with E-state index in [4.69, 9.17) is 4.74 Å². The molecule has 1 rings (SSSR count). The molecule has 0 radical (unpaired) electrons. The van der Waals surface area contributed by atoms with Crippen molar-refractivity contribution in [3.63, 3.8) is 0 Å². The summed E-state index contributed by atoms with van der Waals surface area (Å²) in [7, 11) is 1.64. The van der Waals surface area contributed by atoms with E-state index >= 15 is 0 Å². The second-order valence-corrected chi connectivity index (χ2v) is 4.12. The van der Waals surface area contributed by atoms with Gasteiger partial charge in [-0.05, 0) is 30.7 Å². The fraction of sp³-hybridized carbons (Fsp3) is 0.500. The van der Waals surface area contributed by atoms with Gasteiger partial charge in [0.2, 0.25) is 5.91 Å². The third-order valence-electron chi connectivity index (χ3n) is 2.60. The van der Waals surface area contributed by atoms with Gasteiger partial charge in [0.05, 0.1) is 7.11 Å². The fourth-order valence-electron chi connectivity index (χ4n) is 1.54. The standard InChI is InChI=1S/C14H22N2O2/c1-3-9-15-10-8-14(17)16-11-12-4-6-13(18-2)7-5-12/h4-7,15H,3,8-11H2,1-2H3,(H,16,17). The van der Waals surface area contributed by atoms with Gasteiger partial charge in [-0.15, -0.1) is 0 Å². The minimum absolute atomic E-state index is 0.0782. The number of rotatable bonds is 8. The summed E-state index contributed by atoms with van der Waals surface area (Å²) in [5, 5.41) is 6.10.